The largest absolute Gasteiger partial charge is 0.396 e. The van der Waals surface area contributed by atoms with Crippen LogP contribution in [0.1, 0.15) is 13.3 Å². The lowest BCUT2D eigenvalue weighted by Gasteiger charge is -2.28. The van der Waals surface area contributed by atoms with Gasteiger partial charge in [-0.05, 0) is 24.5 Å². The van der Waals surface area contributed by atoms with Gasteiger partial charge in [0.05, 0.1) is 29.0 Å². The summed E-state index contributed by atoms with van der Waals surface area (Å²) in [6.07, 6.45) is 1.08. The van der Waals surface area contributed by atoms with Crippen molar-refractivity contribution in [3.8, 4) is 0 Å². The third-order valence-corrected chi connectivity index (χ3v) is 3.74. The van der Waals surface area contributed by atoms with E-state index in [0.29, 0.717) is 16.6 Å². The van der Waals surface area contributed by atoms with Gasteiger partial charge in [0.25, 0.3) is 0 Å². The van der Waals surface area contributed by atoms with Gasteiger partial charge in [0.15, 0.2) is 0 Å². The average molecular weight is 241 g/mol. The van der Waals surface area contributed by atoms with Crippen molar-refractivity contribution in [3.63, 3.8) is 0 Å². The minimum absolute atomic E-state index is 0.153. The first kappa shape index (κ1) is 11.6. The Morgan fingerprint density at radius 1 is 1.56 bits per heavy atom. The van der Waals surface area contributed by atoms with Crippen molar-refractivity contribution in [1.29, 1.82) is 0 Å². The Hall–Kier alpha value is -0.930. The summed E-state index contributed by atoms with van der Waals surface area (Å²) in [5.41, 5.74) is 7.52. The molecule has 1 aromatic carbocycles. The van der Waals surface area contributed by atoms with Gasteiger partial charge in [-0.15, -0.1) is 0 Å². The Bertz CT molecular complexity index is 383. The summed E-state index contributed by atoms with van der Waals surface area (Å²) >= 11 is 6.01. The molecule has 0 spiro atoms. The van der Waals surface area contributed by atoms with E-state index in [0.717, 1.165) is 18.7 Å². The monoisotopic (exact) mass is 240 g/mol. The highest BCUT2D eigenvalue weighted by molar-refractivity contribution is 6.33. The Balaban J connectivity index is 2.34. The van der Waals surface area contributed by atoms with Crippen LogP contribution >= 0.6 is 11.6 Å². The molecule has 2 atom stereocenters. The zero-order chi connectivity index (χ0) is 11.7. The highest BCUT2D eigenvalue weighted by Gasteiger charge is 2.31. The zero-order valence-electron chi connectivity index (χ0n) is 9.36. The second-order valence-electron chi connectivity index (χ2n) is 4.38. The summed E-state index contributed by atoms with van der Waals surface area (Å²) in [5, 5.41) is 9.99. The number of nitrogen functional groups attached to an aromatic ring is 1. The third-order valence-electron chi connectivity index (χ3n) is 3.41. The van der Waals surface area contributed by atoms with E-state index in [4.69, 9.17) is 17.3 Å². The van der Waals surface area contributed by atoms with Crippen LogP contribution in [0.2, 0.25) is 5.02 Å². The van der Waals surface area contributed by atoms with Crippen molar-refractivity contribution in [2.75, 3.05) is 23.8 Å². The molecule has 1 heterocycles. The average Bonchev–Trinajstić information content (AvgIpc) is 2.63. The standard InChI is InChI=1S/C12H17ClN2O/c1-8-5-6-15(11(8)7-16)10-4-2-3-9(13)12(10)14/h2-4,8,11,16H,5-7,14H2,1H3. The molecule has 0 aromatic heterocycles. The fourth-order valence-electron chi connectivity index (χ4n) is 2.36. The van der Waals surface area contributed by atoms with Crippen LogP contribution in [0.4, 0.5) is 11.4 Å². The van der Waals surface area contributed by atoms with Crippen LogP contribution in [0, 0.1) is 5.92 Å². The Morgan fingerprint density at radius 2 is 2.31 bits per heavy atom. The minimum atomic E-state index is 0.153. The van der Waals surface area contributed by atoms with Crippen LogP contribution in [0.5, 0.6) is 0 Å². The lowest BCUT2D eigenvalue weighted by Crippen LogP contribution is -2.35. The van der Waals surface area contributed by atoms with E-state index >= 15 is 0 Å². The maximum Gasteiger partial charge on any atom is 0.0741 e. The summed E-state index contributed by atoms with van der Waals surface area (Å²) in [6, 6.07) is 5.79. The molecule has 1 aliphatic heterocycles. The Morgan fingerprint density at radius 3 is 3.00 bits per heavy atom. The second-order valence-corrected chi connectivity index (χ2v) is 4.79. The van der Waals surface area contributed by atoms with Crippen molar-refractivity contribution in [3.05, 3.63) is 23.2 Å². The molecule has 0 saturated carbocycles. The number of nitrogens with zero attached hydrogens (tertiary/aromatic N) is 1. The van der Waals surface area contributed by atoms with Crippen molar-refractivity contribution < 1.29 is 5.11 Å². The molecule has 0 radical (unpaired) electrons. The topological polar surface area (TPSA) is 49.5 Å². The number of aliphatic hydroxyl groups is 1. The first-order valence-corrected chi connectivity index (χ1v) is 5.94. The van der Waals surface area contributed by atoms with Crippen molar-refractivity contribution in [2.45, 2.75) is 19.4 Å². The molecule has 3 nitrogen and oxygen atoms in total. The van der Waals surface area contributed by atoms with E-state index < -0.39 is 0 Å². The predicted molar refractivity (Wildman–Crippen MR) is 67.9 cm³/mol. The normalized spacial score (nSPS) is 25.1. The van der Waals surface area contributed by atoms with Gasteiger partial charge in [0.2, 0.25) is 0 Å². The number of benzene rings is 1. The molecule has 0 amide bonds. The number of para-hydroxylation sites is 1. The molecule has 1 fully saturated rings. The van der Waals surface area contributed by atoms with Gasteiger partial charge in [0, 0.05) is 6.54 Å². The fourth-order valence-corrected chi connectivity index (χ4v) is 2.53. The number of nitrogens with two attached hydrogens (primary N) is 1. The van der Waals surface area contributed by atoms with E-state index in [1.54, 1.807) is 6.07 Å². The molecule has 2 rings (SSSR count). The SMILES string of the molecule is CC1CCN(c2cccc(Cl)c2N)C1CO. The maximum atomic E-state index is 9.41. The van der Waals surface area contributed by atoms with Gasteiger partial charge >= 0.3 is 0 Å². The molecule has 4 heteroatoms. The number of anilines is 2. The van der Waals surface area contributed by atoms with Gasteiger partial charge < -0.3 is 15.7 Å². The van der Waals surface area contributed by atoms with Gasteiger partial charge in [-0.1, -0.05) is 24.6 Å². The first-order chi connectivity index (χ1) is 7.65. The van der Waals surface area contributed by atoms with Gasteiger partial charge in [0.1, 0.15) is 0 Å². The summed E-state index contributed by atoms with van der Waals surface area (Å²) in [4.78, 5) is 2.16. The van der Waals surface area contributed by atoms with Crippen LogP contribution in [0.25, 0.3) is 0 Å². The smallest absolute Gasteiger partial charge is 0.0741 e. The molecular weight excluding hydrogens is 224 g/mol. The maximum absolute atomic E-state index is 9.41. The lowest BCUT2D eigenvalue weighted by atomic mass is 10.0. The van der Waals surface area contributed by atoms with Crippen LogP contribution in [0.3, 0.4) is 0 Å². The molecule has 0 bridgehead atoms. The van der Waals surface area contributed by atoms with E-state index in [1.165, 1.54) is 0 Å². The molecule has 1 aliphatic rings. The Labute approximate surface area is 101 Å². The molecule has 3 N–H and O–H groups in total. The van der Waals surface area contributed by atoms with Crippen LogP contribution in [-0.2, 0) is 0 Å². The summed E-state index contributed by atoms with van der Waals surface area (Å²) in [5.74, 6) is 0.489. The zero-order valence-corrected chi connectivity index (χ0v) is 10.1. The summed E-state index contributed by atoms with van der Waals surface area (Å²) < 4.78 is 0. The number of rotatable bonds is 2. The third kappa shape index (κ3) is 1.85. The van der Waals surface area contributed by atoms with Crippen LogP contribution < -0.4 is 10.6 Å². The number of hydrogen-bond donors (Lipinski definition) is 2. The predicted octanol–water partition coefficient (Wildman–Crippen LogP) is 2.13. The van der Waals surface area contributed by atoms with E-state index in [9.17, 15) is 5.11 Å². The van der Waals surface area contributed by atoms with Crippen LogP contribution in [-0.4, -0.2) is 24.3 Å². The molecule has 0 aliphatic carbocycles. The molecular formula is C12H17ClN2O. The molecule has 1 aromatic rings. The number of aliphatic hydroxyl groups excluding tert-OH is 1. The van der Waals surface area contributed by atoms with Crippen molar-refractivity contribution >= 4 is 23.0 Å². The van der Waals surface area contributed by atoms with E-state index in [2.05, 4.69) is 11.8 Å². The quantitative estimate of drug-likeness (QED) is 0.779. The summed E-state index contributed by atoms with van der Waals surface area (Å²) in [6.45, 7) is 3.24. The highest BCUT2D eigenvalue weighted by Crippen LogP contribution is 2.36. The fraction of sp³-hybridized carbons (Fsp3) is 0.500. The molecule has 16 heavy (non-hydrogen) atoms. The van der Waals surface area contributed by atoms with Crippen molar-refractivity contribution in [2.24, 2.45) is 5.92 Å². The Kier molecular flexibility index (Phi) is 3.26. The molecule has 2 unspecified atom stereocenters. The highest BCUT2D eigenvalue weighted by atomic mass is 35.5. The summed E-state index contributed by atoms with van der Waals surface area (Å²) in [7, 11) is 0. The van der Waals surface area contributed by atoms with Gasteiger partial charge in [-0.2, -0.15) is 0 Å². The van der Waals surface area contributed by atoms with Crippen LogP contribution in [0.15, 0.2) is 18.2 Å². The minimum Gasteiger partial charge on any atom is -0.396 e. The number of hydrogen-bond acceptors (Lipinski definition) is 3. The first-order valence-electron chi connectivity index (χ1n) is 5.56. The number of halogens is 1. The van der Waals surface area contributed by atoms with Crippen molar-refractivity contribution in [1.82, 2.24) is 0 Å². The van der Waals surface area contributed by atoms with Gasteiger partial charge in [-0.25, -0.2) is 0 Å². The lowest BCUT2D eigenvalue weighted by molar-refractivity contribution is 0.245. The van der Waals surface area contributed by atoms with E-state index in [1.807, 2.05) is 12.1 Å². The molecule has 1 saturated heterocycles. The second kappa shape index (κ2) is 4.52. The van der Waals surface area contributed by atoms with Gasteiger partial charge in [-0.3, -0.25) is 0 Å². The van der Waals surface area contributed by atoms with E-state index in [-0.39, 0.29) is 12.6 Å². The molecule has 88 valence electrons.